The van der Waals surface area contributed by atoms with Crippen molar-refractivity contribution in [1.29, 1.82) is 0 Å². The van der Waals surface area contributed by atoms with Crippen molar-refractivity contribution < 1.29 is 9.53 Å². The van der Waals surface area contributed by atoms with Gasteiger partial charge in [0, 0.05) is 26.8 Å². The Morgan fingerprint density at radius 1 is 1.29 bits per heavy atom. The Hall–Kier alpha value is -1.66. The summed E-state index contributed by atoms with van der Waals surface area (Å²) in [7, 11) is 1.58. The highest BCUT2D eigenvalue weighted by Crippen LogP contribution is 2.31. The molecule has 0 saturated carbocycles. The van der Waals surface area contributed by atoms with Crippen LogP contribution in [0.15, 0.2) is 51.8 Å². The van der Waals surface area contributed by atoms with Crippen molar-refractivity contribution in [1.82, 2.24) is 0 Å². The third-order valence-electron chi connectivity index (χ3n) is 2.67. The fourth-order valence-electron chi connectivity index (χ4n) is 1.68. The van der Waals surface area contributed by atoms with E-state index in [4.69, 9.17) is 10.5 Å². The quantitative estimate of drug-likeness (QED) is 0.624. The minimum absolute atomic E-state index is 0.0683. The fraction of sp³-hybridized carbons (Fsp3) is 0.133. The molecule has 0 unspecified atom stereocenters. The fourth-order valence-corrected chi connectivity index (χ4v) is 2.75. The topological polar surface area (TPSA) is 64.3 Å². The van der Waals surface area contributed by atoms with Gasteiger partial charge in [0.2, 0.25) is 5.91 Å². The van der Waals surface area contributed by atoms with E-state index in [2.05, 4.69) is 21.2 Å². The van der Waals surface area contributed by atoms with Crippen LogP contribution in [0.5, 0.6) is 5.75 Å². The van der Waals surface area contributed by atoms with Gasteiger partial charge < -0.3 is 15.8 Å². The lowest BCUT2D eigenvalue weighted by atomic mass is 10.3. The summed E-state index contributed by atoms with van der Waals surface area (Å²) in [5, 5.41) is 2.84. The van der Waals surface area contributed by atoms with E-state index < -0.39 is 0 Å². The predicted octanol–water partition coefficient (Wildman–Crippen LogP) is 3.77. The van der Waals surface area contributed by atoms with Gasteiger partial charge in [0.15, 0.2) is 0 Å². The lowest BCUT2D eigenvalue weighted by Crippen LogP contribution is -2.13. The molecule has 0 radical (unpaired) electrons. The van der Waals surface area contributed by atoms with Gasteiger partial charge in [0.25, 0.3) is 0 Å². The second-order valence-corrected chi connectivity index (χ2v) is 6.19. The number of nitrogens with one attached hydrogen (secondary N) is 1. The lowest BCUT2D eigenvalue weighted by Gasteiger charge is -2.09. The standard InChI is InChI=1S/C15H15BrN2O2S/c1-20-13-8-11(17)4-7-14(13)21-9-15(19)18-12-5-2-10(16)3-6-12/h2-8H,9,17H2,1H3,(H,18,19). The van der Waals surface area contributed by atoms with E-state index in [0.29, 0.717) is 17.2 Å². The van der Waals surface area contributed by atoms with Gasteiger partial charge in [-0.25, -0.2) is 0 Å². The monoisotopic (exact) mass is 366 g/mol. The third-order valence-corrected chi connectivity index (χ3v) is 4.26. The number of carbonyl (C=O) groups is 1. The Labute approximate surface area is 136 Å². The van der Waals surface area contributed by atoms with Crippen LogP contribution >= 0.6 is 27.7 Å². The van der Waals surface area contributed by atoms with E-state index >= 15 is 0 Å². The van der Waals surface area contributed by atoms with Crippen LogP contribution in [-0.4, -0.2) is 18.8 Å². The Morgan fingerprint density at radius 2 is 2.00 bits per heavy atom. The summed E-state index contributed by atoms with van der Waals surface area (Å²) in [6.45, 7) is 0. The number of nitrogen functional groups attached to an aromatic ring is 1. The molecule has 2 rings (SSSR count). The molecule has 0 aromatic heterocycles. The molecule has 4 nitrogen and oxygen atoms in total. The van der Waals surface area contributed by atoms with Gasteiger partial charge in [-0.05, 0) is 36.4 Å². The zero-order valence-electron chi connectivity index (χ0n) is 11.4. The Bertz CT molecular complexity index is 632. The maximum absolute atomic E-state index is 11.9. The summed E-state index contributed by atoms with van der Waals surface area (Å²) in [5.74, 6) is 0.911. The van der Waals surface area contributed by atoms with Crippen LogP contribution in [0, 0.1) is 0 Å². The van der Waals surface area contributed by atoms with Crippen molar-refractivity contribution in [3.05, 3.63) is 46.9 Å². The number of thioether (sulfide) groups is 1. The highest BCUT2D eigenvalue weighted by atomic mass is 79.9. The second kappa shape index (κ2) is 7.38. The van der Waals surface area contributed by atoms with E-state index in [0.717, 1.165) is 15.1 Å². The first-order chi connectivity index (χ1) is 10.1. The average Bonchev–Trinajstić information content (AvgIpc) is 2.48. The first-order valence-corrected chi connectivity index (χ1v) is 7.98. The largest absolute Gasteiger partial charge is 0.496 e. The zero-order chi connectivity index (χ0) is 15.2. The van der Waals surface area contributed by atoms with Crippen LogP contribution in [0.25, 0.3) is 0 Å². The molecule has 0 spiro atoms. The van der Waals surface area contributed by atoms with Crippen molar-refractivity contribution in [3.8, 4) is 5.75 Å². The van der Waals surface area contributed by atoms with Crippen molar-refractivity contribution >= 4 is 45.0 Å². The normalized spacial score (nSPS) is 10.2. The molecule has 0 atom stereocenters. The van der Waals surface area contributed by atoms with Crippen LogP contribution in [0.2, 0.25) is 0 Å². The van der Waals surface area contributed by atoms with E-state index in [1.807, 2.05) is 30.3 Å². The predicted molar refractivity (Wildman–Crippen MR) is 90.9 cm³/mol. The molecule has 21 heavy (non-hydrogen) atoms. The molecule has 0 bridgehead atoms. The van der Waals surface area contributed by atoms with Gasteiger partial charge in [-0.1, -0.05) is 15.9 Å². The number of amides is 1. The molecular formula is C15H15BrN2O2S. The lowest BCUT2D eigenvalue weighted by molar-refractivity contribution is -0.113. The van der Waals surface area contributed by atoms with E-state index in [1.165, 1.54) is 11.8 Å². The summed E-state index contributed by atoms with van der Waals surface area (Å²) >= 11 is 4.76. The van der Waals surface area contributed by atoms with Crippen LogP contribution in [-0.2, 0) is 4.79 Å². The van der Waals surface area contributed by atoms with Gasteiger partial charge in [0.1, 0.15) is 5.75 Å². The number of halogens is 1. The van der Waals surface area contributed by atoms with Crippen LogP contribution in [0.1, 0.15) is 0 Å². The van der Waals surface area contributed by atoms with Crippen molar-refractivity contribution in [2.75, 3.05) is 23.9 Å². The van der Waals surface area contributed by atoms with Crippen LogP contribution in [0.4, 0.5) is 11.4 Å². The van der Waals surface area contributed by atoms with Crippen LogP contribution in [0.3, 0.4) is 0 Å². The number of hydrogen-bond donors (Lipinski definition) is 2. The molecule has 0 heterocycles. The molecule has 2 aromatic carbocycles. The zero-order valence-corrected chi connectivity index (χ0v) is 13.8. The van der Waals surface area contributed by atoms with Gasteiger partial charge in [-0.3, -0.25) is 4.79 Å². The van der Waals surface area contributed by atoms with Crippen LogP contribution < -0.4 is 15.8 Å². The number of methoxy groups -OCH3 is 1. The molecule has 3 N–H and O–H groups in total. The molecule has 0 aliphatic carbocycles. The molecule has 6 heteroatoms. The molecular weight excluding hydrogens is 352 g/mol. The van der Waals surface area contributed by atoms with Gasteiger partial charge in [-0.15, -0.1) is 11.8 Å². The highest BCUT2D eigenvalue weighted by Gasteiger charge is 2.08. The summed E-state index contributed by atoms with van der Waals surface area (Å²) < 4.78 is 6.23. The first-order valence-electron chi connectivity index (χ1n) is 6.20. The van der Waals surface area contributed by atoms with Gasteiger partial charge in [-0.2, -0.15) is 0 Å². The Morgan fingerprint density at radius 3 is 2.67 bits per heavy atom. The summed E-state index contributed by atoms with van der Waals surface area (Å²) in [4.78, 5) is 12.8. The molecule has 0 aliphatic rings. The SMILES string of the molecule is COc1cc(N)ccc1SCC(=O)Nc1ccc(Br)cc1. The molecule has 2 aromatic rings. The number of rotatable bonds is 5. The summed E-state index contributed by atoms with van der Waals surface area (Å²) in [6, 6.07) is 12.8. The van der Waals surface area contributed by atoms with E-state index in [-0.39, 0.29) is 5.91 Å². The summed E-state index contributed by atoms with van der Waals surface area (Å²) in [5.41, 5.74) is 7.11. The average molecular weight is 367 g/mol. The van der Waals surface area contributed by atoms with E-state index in [1.54, 1.807) is 19.2 Å². The van der Waals surface area contributed by atoms with E-state index in [9.17, 15) is 4.79 Å². The molecule has 110 valence electrons. The number of anilines is 2. The minimum atomic E-state index is -0.0683. The number of benzene rings is 2. The van der Waals surface area contributed by atoms with Crippen molar-refractivity contribution in [3.63, 3.8) is 0 Å². The number of ether oxygens (including phenoxy) is 1. The molecule has 0 saturated heterocycles. The number of nitrogens with two attached hydrogens (primary N) is 1. The van der Waals surface area contributed by atoms with Gasteiger partial charge >= 0.3 is 0 Å². The summed E-state index contributed by atoms with van der Waals surface area (Å²) in [6.07, 6.45) is 0. The molecule has 1 amide bonds. The molecule has 0 aliphatic heterocycles. The Kier molecular flexibility index (Phi) is 5.52. The maximum Gasteiger partial charge on any atom is 0.234 e. The first kappa shape index (κ1) is 15.7. The second-order valence-electron chi connectivity index (χ2n) is 4.25. The van der Waals surface area contributed by atoms with Crippen molar-refractivity contribution in [2.24, 2.45) is 0 Å². The maximum atomic E-state index is 11.9. The smallest absolute Gasteiger partial charge is 0.234 e. The van der Waals surface area contributed by atoms with Crippen molar-refractivity contribution in [2.45, 2.75) is 4.90 Å². The highest BCUT2D eigenvalue weighted by molar-refractivity contribution is 9.10. The third kappa shape index (κ3) is 4.68. The van der Waals surface area contributed by atoms with Gasteiger partial charge in [0.05, 0.1) is 12.9 Å². The number of carbonyl (C=O) groups excluding carboxylic acids is 1. The minimum Gasteiger partial charge on any atom is -0.496 e. The Balaban J connectivity index is 1.93. The number of hydrogen-bond acceptors (Lipinski definition) is 4. The molecule has 0 fully saturated rings.